The van der Waals surface area contributed by atoms with E-state index in [0.29, 0.717) is 0 Å². The fourth-order valence-electron chi connectivity index (χ4n) is 2.45. The molecule has 1 aromatic carbocycles. The summed E-state index contributed by atoms with van der Waals surface area (Å²) in [6, 6.07) is 10.3. The van der Waals surface area contributed by atoms with Crippen LogP contribution in [0.4, 0.5) is 0 Å². The average Bonchev–Trinajstić information content (AvgIpc) is 3.14. The number of benzene rings is 1. The Labute approximate surface area is 139 Å². The van der Waals surface area contributed by atoms with Crippen molar-refractivity contribution >= 4 is 22.9 Å². The van der Waals surface area contributed by atoms with Gasteiger partial charge in [-0.3, -0.25) is 4.68 Å². The molecule has 22 heavy (non-hydrogen) atoms. The molecule has 0 saturated heterocycles. The number of aromatic nitrogens is 2. The second kappa shape index (κ2) is 6.65. The molecule has 0 bridgehead atoms. The quantitative estimate of drug-likeness (QED) is 0.754. The molecule has 0 fully saturated rings. The van der Waals surface area contributed by atoms with Crippen molar-refractivity contribution in [3.63, 3.8) is 0 Å². The van der Waals surface area contributed by atoms with Gasteiger partial charge in [0.2, 0.25) is 0 Å². The Bertz CT molecular complexity index is 732. The van der Waals surface area contributed by atoms with Gasteiger partial charge < -0.3 is 5.32 Å². The topological polar surface area (TPSA) is 29.9 Å². The van der Waals surface area contributed by atoms with Crippen molar-refractivity contribution in [1.82, 2.24) is 15.1 Å². The lowest BCUT2D eigenvalue weighted by Crippen LogP contribution is -2.21. The lowest BCUT2D eigenvalue weighted by atomic mass is 10.0. The maximum absolute atomic E-state index is 6.01. The molecule has 0 saturated carbocycles. The Kier molecular flexibility index (Phi) is 4.62. The summed E-state index contributed by atoms with van der Waals surface area (Å²) in [5.74, 6) is 0. The minimum absolute atomic E-state index is 0.156. The second-order valence-corrected chi connectivity index (χ2v) is 6.52. The lowest BCUT2D eigenvalue weighted by molar-refractivity contribution is 0.604. The van der Waals surface area contributed by atoms with Crippen molar-refractivity contribution in [2.45, 2.75) is 19.5 Å². The lowest BCUT2D eigenvalue weighted by Gasteiger charge is -2.18. The van der Waals surface area contributed by atoms with Crippen LogP contribution in [-0.2, 0) is 13.6 Å². The molecule has 1 atom stereocenters. The number of nitrogens with one attached hydrogen (secondary N) is 1. The standard InChI is InChI=1S/C17H18ClN3S/c1-12-15(10-20-21(12)2)9-19-17(14-7-8-22-11-14)13-3-5-16(18)6-4-13/h3-8,10-11,17,19H,9H2,1-2H3/t17-/m0/s1. The van der Waals surface area contributed by atoms with Crippen LogP contribution in [0.5, 0.6) is 0 Å². The number of hydrogen-bond donors (Lipinski definition) is 1. The zero-order chi connectivity index (χ0) is 15.5. The van der Waals surface area contributed by atoms with Gasteiger partial charge in [-0.05, 0) is 47.0 Å². The highest BCUT2D eigenvalue weighted by Gasteiger charge is 2.15. The first kappa shape index (κ1) is 15.3. The Morgan fingerprint density at radius 2 is 2.00 bits per heavy atom. The van der Waals surface area contributed by atoms with E-state index in [0.717, 1.165) is 11.6 Å². The van der Waals surface area contributed by atoms with E-state index in [-0.39, 0.29) is 6.04 Å². The second-order valence-electron chi connectivity index (χ2n) is 5.30. The molecule has 114 valence electrons. The van der Waals surface area contributed by atoms with Gasteiger partial charge in [-0.25, -0.2) is 0 Å². The van der Waals surface area contributed by atoms with Crippen LogP contribution in [0.3, 0.4) is 0 Å². The highest BCUT2D eigenvalue weighted by Crippen LogP contribution is 2.26. The molecule has 3 rings (SSSR count). The van der Waals surface area contributed by atoms with Gasteiger partial charge in [-0.1, -0.05) is 23.7 Å². The Hall–Kier alpha value is -1.62. The van der Waals surface area contributed by atoms with Gasteiger partial charge in [0.05, 0.1) is 12.2 Å². The molecule has 3 aromatic rings. The molecule has 2 aromatic heterocycles. The highest BCUT2D eigenvalue weighted by molar-refractivity contribution is 7.08. The van der Waals surface area contributed by atoms with Crippen molar-refractivity contribution in [2.75, 3.05) is 0 Å². The van der Waals surface area contributed by atoms with Crippen molar-refractivity contribution in [3.05, 3.63) is 74.7 Å². The van der Waals surface area contributed by atoms with Crippen LogP contribution in [0.15, 0.2) is 47.3 Å². The van der Waals surface area contributed by atoms with E-state index >= 15 is 0 Å². The molecule has 3 nitrogen and oxygen atoms in total. The molecule has 0 amide bonds. The first-order chi connectivity index (χ1) is 10.6. The van der Waals surface area contributed by atoms with E-state index in [2.05, 4.69) is 46.3 Å². The zero-order valence-corrected chi connectivity index (χ0v) is 14.2. The van der Waals surface area contributed by atoms with Gasteiger partial charge in [-0.15, -0.1) is 0 Å². The van der Waals surface area contributed by atoms with E-state index in [1.54, 1.807) is 11.3 Å². The van der Waals surface area contributed by atoms with E-state index < -0.39 is 0 Å². The molecule has 5 heteroatoms. The van der Waals surface area contributed by atoms with E-state index in [1.807, 2.05) is 30.1 Å². The summed E-state index contributed by atoms with van der Waals surface area (Å²) in [5.41, 5.74) is 4.89. The van der Waals surface area contributed by atoms with E-state index in [4.69, 9.17) is 11.6 Å². The molecular weight excluding hydrogens is 314 g/mol. The number of nitrogens with zero attached hydrogens (tertiary/aromatic N) is 2. The molecule has 2 heterocycles. The Morgan fingerprint density at radius 3 is 2.59 bits per heavy atom. The number of halogens is 1. The van der Waals surface area contributed by atoms with Crippen molar-refractivity contribution in [2.24, 2.45) is 7.05 Å². The monoisotopic (exact) mass is 331 g/mol. The van der Waals surface area contributed by atoms with Gasteiger partial charge >= 0.3 is 0 Å². The molecule has 0 spiro atoms. The SMILES string of the molecule is Cc1c(CN[C@@H](c2ccc(Cl)cc2)c2ccsc2)cnn1C. The third-order valence-corrected chi connectivity index (χ3v) is 4.87. The van der Waals surface area contributed by atoms with Crippen molar-refractivity contribution in [1.29, 1.82) is 0 Å². The van der Waals surface area contributed by atoms with Gasteiger partial charge in [0.25, 0.3) is 0 Å². The molecule has 1 N–H and O–H groups in total. The number of thiophene rings is 1. The third kappa shape index (κ3) is 3.24. The predicted molar refractivity (Wildman–Crippen MR) is 92.4 cm³/mol. The van der Waals surface area contributed by atoms with Gasteiger partial charge in [-0.2, -0.15) is 16.4 Å². The molecule has 0 radical (unpaired) electrons. The average molecular weight is 332 g/mol. The first-order valence-corrected chi connectivity index (χ1v) is 8.45. The summed E-state index contributed by atoms with van der Waals surface area (Å²) in [7, 11) is 1.97. The molecule has 0 aliphatic carbocycles. The van der Waals surface area contributed by atoms with E-state index in [9.17, 15) is 0 Å². The first-order valence-electron chi connectivity index (χ1n) is 7.13. The summed E-state index contributed by atoms with van der Waals surface area (Å²) in [6.45, 7) is 2.87. The smallest absolute Gasteiger partial charge is 0.0587 e. The van der Waals surface area contributed by atoms with E-state index in [1.165, 1.54) is 22.4 Å². The third-order valence-electron chi connectivity index (χ3n) is 3.91. The normalized spacial score (nSPS) is 12.5. The van der Waals surface area contributed by atoms with Crippen LogP contribution < -0.4 is 5.32 Å². The Morgan fingerprint density at radius 1 is 1.23 bits per heavy atom. The van der Waals surface area contributed by atoms with Crippen molar-refractivity contribution < 1.29 is 0 Å². The number of rotatable bonds is 5. The maximum Gasteiger partial charge on any atom is 0.0587 e. The number of aryl methyl sites for hydroxylation is 1. The van der Waals surface area contributed by atoms with Crippen LogP contribution in [-0.4, -0.2) is 9.78 Å². The van der Waals surface area contributed by atoms with Gasteiger partial charge in [0.15, 0.2) is 0 Å². The van der Waals surface area contributed by atoms with Crippen LogP contribution in [0, 0.1) is 6.92 Å². The molecule has 0 unspecified atom stereocenters. The highest BCUT2D eigenvalue weighted by atomic mass is 35.5. The molecular formula is C17H18ClN3S. The predicted octanol–water partition coefficient (Wildman–Crippen LogP) is 4.32. The summed E-state index contributed by atoms with van der Waals surface area (Å²) < 4.78 is 1.90. The van der Waals surface area contributed by atoms with Crippen molar-refractivity contribution in [3.8, 4) is 0 Å². The van der Waals surface area contributed by atoms with Gasteiger partial charge in [0.1, 0.15) is 0 Å². The van der Waals surface area contributed by atoms with Gasteiger partial charge in [0, 0.05) is 29.9 Å². The minimum atomic E-state index is 0.156. The van der Waals surface area contributed by atoms with Crippen LogP contribution in [0.2, 0.25) is 5.02 Å². The fourth-order valence-corrected chi connectivity index (χ4v) is 3.26. The summed E-state index contributed by atoms with van der Waals surface area (Å²) in [6.07, 6.45) is 1.93. The maximum atomic E-state index is 6.01. The van der Waals surface area contributed by atoms with Crippen LogP contribution in [0.1, 0.15) is 28.4 Å². The molecule has 0 aliphatic heterocycles. The number of hydrogen-bond acceptors (Lipinski definition) is 3. The summed E-state index contributed by atoms with van der Waals surface area (Å²) in [5, 5.41) is 13.0. The summed E-state index contributed by atoms with van der Waals surface area (Å²) in [4.78, 5) is 0. The van der Waals surface area contributed by atoms with Crippen LogP contribution in [0.25, 0.3) is 0 Å². The fraction of sp³-hybridized carbons (Fsp3) is 0.235. The minimum Gasteiger partial charge on any atom is -0.302 e. The Balaban J connectivity index is 1.83. The van der Waals surface area contributed by atoms with Crippen LogP contribution >= 0.6 is 22.9 Å². The largest absolute Gasteiger partial charge is 0.302 e. The molecule has 0 aliphatic rings. The zero-order valence-electron chi connectivity index (χ0n) is 12.6. The summed E-state index contributed by atoms with van der Waals surface area (Å²) >= 11 is 7.72.